The van der Waals surface area contributed by atoms with Gasteiger partial charge in [0.15, 0.2) is 0 Å². The molecule has 1 unspecified atom stereocenters. The third-order valence-corrected chi connectivity index (χ3v) is 3.65. The van der Waals surface area contributed by atoms with Crippen LogP contribution in [0.5, 0.6) is 0 Å². The van der Waals surface area contributed by atoms with E-state index in [4.69, 9.17) is 4.74 Å². The van der Waals surface area contributed by atoms with Crippen LogP contribution in [0.4, 0.5) is 0 Å². The summed E-state index contributed by atoms with van der Waals surface area (Å²) in [5, 5.41) is 6.27. The maximum absolute atomic E-state index is 11.5. The Morgan fingerprint density at radius 3 is 3.00 bits per heavy atom. The van der Waals surface area contributed by atoms with E-state index in [1.807, 2.05) is 12.3 Å². The summed E-state index contributed by atoms with van der Waals surface area (Å²) in [7, 11) is 1.44. The van der Waals surface area contributed by atoms with Crippen molar-refractivity contribution in [3.8, 4) is 0 Å². The zero-order valence-electron chi connectivity index (χ0n) is 9.53. The minimum atomic E-state index is -0.158. The summed E-state index contributed by atoms with van der Waals surface area (Å²) in [4.78, 5) is 15.9. The molecule has 1 atom stereocenters. The molecule has 1 saturated carbocycles. The molecule has 16 heavy (non-hydrogen) atoms. The summed E-state index contributed by atoms with van der Waals surface area (Å²) >= 11 is 1.62. The number of aryl methyl sites for hydroxylation is 1. The highest BCUT2D eigenvalue weighted by Crippen LogP contribution is 2.33. The van der Waals surface area contributed by atoms with Gasteiger partial charge in [-0.1, -0.05) is 0 Å². The van der Waals surface area contributed by atoms with Crippen LogP contribution in [0.25, 0.3) is 0 Å². The van der Waals surface area contributed by atoms with Crippen LogP contribution in [0.2, 0.25) is 0 Å². The Balaban J connectivity index is 1.88. The van der Waals surface area contributed by atoms with Gasteiger partial charge in [-0.15, -0.1) is 11.3 Å². The molecule has 4 nitrogen and oxygen atoms in total. The Labute approximate surface area is 99.0 Å². The highest BCUT2D eigenvalue weighted by molar-refractivity contribution is 7.09. The highest BCUT2D eigenvalue weighted by atomic mass is 32.1. The van der Waals surface area contributed by atoms with E-state index in [1.54, 1.807) is 11.3 Å². The number of carbonyl (C=O) groups excluding carboxylic acids is 1. The second-order valence-electron chi connectivity index (χ2n) is 4.10. The molecular formula is C11H16N2O2S. The van der Waals surface area contributed by atoms with Crippen LogP contribution in [0.3, 0.4) is 0 Å². The molecule has 1 N–H and O–H groups in total. The smallest absolute Gasteiger partial charge is 0.323 e. The summed E-state index contributed by atoms with van der Waals surface area (Å²) in [5.74, 6) is 0.296. The second-order valence-corrected chi connectivity index (χ2v) is 5.04. The zero-order chi connectivity index (χ0) is 11.5. The number of thiazole rings is 1. The molecule has 1 heterocycles. The molecule has 0 spiro atoms. The van der Waals surface area contributed by atoms with Crippen LogP contribution in [0, 0.1) is 12.8 Å². The van der Waals surface area contributed by atoms with Crippen molar-refractivity contribution in [1.82, 2.24) is 10.3 Å². The second kappa shape index (κ2) is 4.93. The summed E-state index contributed by atoms with van der Waals surface area (Å²) in [6, 6.07) is -0.158. The van der Waals surface area contributed by atoms with Crippen molar-refractivity contribution in [2.45, 2.75) is 32.4 Å². The maximum Gasteiger partial charge on any atom is 0.323 e. The molecule has 2 rings (SSSR count). The lowest BCUT2D eigenvalue weighted by Gasteiger charge is -2.14. The molecule has 1 aliphatic rings. The van der Waals surface area contributed by atoms with Gasteiger partial charge in [-0.2, -0.15) is 0 Å². The molecule has 0 radical (unpaired) electrons. The number of carbonyl (C=O) groups is 1. The van der Waals surface area contributed by atoms with E-state index in [2.05, 4.69) is 10.3 Å². The van der Waals surface area contributed by atoms with Crippen LogP contribution in [-0.4, -0.2) is 24.1 Å². The maximum atomic E-state index is 11.5. The SMILES string of the molecule is COC(=O)C(NCc1nc(C)cs1)C1CC1. The lowest BCUT2D eigenvalue weighted by molar-refractivity contribution is -0.143. The fraction of sp³-hybridized carbons (Fsp3) is 0.636. The molecule has 1 aromatic heterocycles. The van der Waals surface area contributed by atoms with E-state index >= 15 is 0 Å². The molecule has 0 aliphatic heterocycles. The first-order chi connectivity index (χ1) is 7.70. The number of methoxy groups -OCH3 is 1. The van der Waals surface area contributed by atoms with Crippen LogP contribution < -0.4 is 5.32 Å². The van der Waals surface area contributed by atoms with E-state index in [-0.39, 0.29) is 12.0 Å². The fourth-order valence-corrected chi connectivity index (χ4v) is 2.40. The minimum Gasteiger partial charge on any atom is -0.468 e. The molecule has 0 amide bonds. The standard InChI is InChI=1S/C11H16N2O2S/c1-7-6-16-9(13-7)5-12-10(8-3-4-8)11(14)15-2/h6,8,10,12H,3-5H2,1-2H3. The van der Waals surface area contributed by atoms with Crippen LogP contribution in [0.1, 0.15) is 23.5 Å². The molecule has 0 bridgehead atoms. The van der Waals surface area contributed by atoms with E-state index in [9.17, 15) is 4.79 Å². The molecule has 88 valence electrons. The number of nitrogens with zero attached hydrogens (tertiary/aromatic N) is 1. The number of rotatable bonds is 5. The first-order valence-electron chi connectivity index (χ1n) is 5.43. The van der Waals surface area contributed by atoms with Crippen molar-refractivity contribution in [3.63, 3.8) is 0 Å². The van der Waals surface area contributed by atoms with Crippen molar-refractivity contribution in [3.05, 3.63) is 16.1 Å². The largest absolute Gasteiger partial charge is 0.468 e. The van der Waals surface area contributed by atoms with Gasteiger partial charge >= 0.3 is 5.97 Å². The first-order valence-corrected chi connectivity index (χ1v) is 6.31. The van der Waals surface area contributed by atoms with Crippen molar-refractivity contribution < 1.29 is 9.53 Å². The number of hydrogen-bond acceptors (Lipinski definition) is 5. The van der Waals surface area contributed by atoms with Gasteiger partial charge in [0.2, 0.25) is 0 Å². The summed E-state index contributed by atoms with van der Waals surface area (Å²) in [5.41, 5.74) is 1.03. The summed E-state index contributed by atoms with van der Waals surface area (Å²) in [6.45, 7) is 2.62. The normalized spacial score (nSPS) is 17.1. The van der Waals surface area contributed by atoms with Crippen LogP contribution in [-0.2, 0) is 16.1 Å². The van der Waals surface area contributed by atoms with Gasteiger partial charge in [0, 0.05) is 17.6 Å². The van der Waals surface area contributed by atoms with Gasteiger partial charge in [0.25, 0.3) is 0 Å². The minimum absolute atomic E-state index is 0.157. The Kier molecular flexibility index (Phi) is 3.56. The zero-order valence-corrected chi connectivity index (χ0v) is 10.3. The topological polar surface area (TPSA) is 51.2 Å². The van der Waals surface area contributed by atoms with Crippen molar-refractivity contribution in [1.29, 1.82) is 0 Å². The van der Waals surface area contributed by atoms with E-state index in [1.165, 1.54) is 7.11 Å². The molecular weight excluding hydrogens is 224 g/mol. The first kappa shape index (κ1) is 11.5. The van der Waals surface area contributed by atoms with E-state index < -0.39 is 0 Å². The number of aromatic nitrogens is 1. The predicted octanol–water partition coefficient (Wildman–Crippen LogP) is 1.49. The third kappa shape index (κ3) is 2.80. The molecule has 1 fully saturated rings. The van der Waals surface area contributed by atoms with Crippen molar-refractivity contribution in [2.24, 2.45) is 5.92 Å². The third-order valence-electron chi connectivity index (χ3n) is 2.69. The number of esters is 1. The van der Waals surface area contributed by atoms with E-state index in [0.29, 0.717) is 12.5 Å². The molecule has 1 aromatic rings. The van der Waals surface area contributed by atoms with Gasteiger partial charge in [-0.05, 0) is 25.7 Å². The lowest BCUT2D eigenvalue weighted by atomic mass is 10.2. The van der Waals surface area contributed by atoms with Crippen molar-refractivity contribution >= 4 is 17.3 Å². The molecule has 0 aromatic carbocycles. The predicted molar refractivity (Wildman–Crippen MR) is 62.2 cm³/mol. The molecule has 0 saturated heterocycles. The lowest BCUT2D eigenvalue weighted by Crippen LogP contribution is -2.39. The quantitative estimate of drug-likeness (QED) is 0.792. The van der Waals surface area contributed by atoms with Crippen molar-refractivity contribution in [2.75, 3.05) is 7.11 Å². The van der Waals surface area contributed by atoms with E-state index in [0.717, 1.165) is 23.5 Å². The van der Waals surface area contributed by atoms with Gasteiger partial charge < -0.3 is 4.74 Å². The van der Waals surface area contributed by atoms with Gasteiger partial charge in [-0.25, -0.2) is 4.98 Å². The number of hydrogen-bond donors (Lipinski definition) is 1. The number of ether oxygens (including phenoxy) is 1. The monoisotopic (exact) mass is 240 g/mol. The Morgan fingerprint density at radius 2 is 2.50 bits per heavy atom. The van der Waals surface area contributed by atoms with Crippen LogP contribution in [0.15, 0.2) is 5.38 Å². The molecule has 5 heteroatoms. The number of nitrogens with one attached hydrogen (secondary N) is 1. The Bertz CT molecular complexity index is 374. The average molecular weight is 240 g/mol. The van der Waals surface area contributed by atoms with Gasteiger partial charge in [0.05, 0.1) is 7.11 Å². The molecule has 1 aliphatic carbocycles. The Morgan fingerprint density at radius 1 is 1.75 bits per heavy atom. The highest BCUT2D eigenvalue weighted by Gasteiger charge is 2.36. The van der Waals surface area contributed by atoms with Gasteiger partial charge in [-0.3, -0.25) is 10.1 Å². The summed E-state index contributed by atoms with van der Waals surface area (Å²) in [6.07, 6.45) is 2.23. The fourth-order valence-electron chi connectivity index (χ4n) is 1.68. The van der Waals surface area contributed by atoms with Gasteiger partial charge in [0.1, 0.15) is 11.0 Å². The van der Waals surface area contributed by atoms with Crippen LogP contribution >= 0.6 is 11.3 Å². The Hall–Kier alpha value is -0.940. The average Bonchev–Trinajstić information content (AvgIpc) is 3.02. The summed E-state index contributed by atoms with van der Waals surface area (Å²) < 4.78 is 4.79.